The van der Waals surface area contributed by atoms with E-state index in [1.807, 2.05) is 37.3 Å². The molecule has 5 heteroatoms. The summed E-state index contributed by atoms with van der Waals surface area (Å²) in [5.74, 6) is -0.161. The molecule has 1 amide bonds. The Hall–Kier alpha value is -2.40. The average molecular weight is 312 g/mol. The van der Waals surface area contributed by atoms with Gasteiger partial charge in [0.15, 0.2) is 5.78 Å². The lowest BCUT2D eigenvalue weighted by atomic mass is 10.1. The fourth-order valence-corrected chi connectivity index (χ4v) is 2.86. The highest BCUT2D eigenvalue weighted by Gasteiger charge is 2.30. The first-order valence-corrected chi connectivity index (χ1v) is 7.73. The third kappa shape index (κ3) is 3.35. The van der Waals surface area contributed by atoms with Crippen LogP contribution in [0.1, 0.15) is 46.4 Å². The number of nitrogens with one attached hydrogen (secondary N) is 1. The van der Waals surface area contributed by atoms with E-state index in [9.17, 15) is 9.59 Å². The average Bonchev–Trinajstić information content (AvgIpc) is 3.04. The molecule has 1 aliphatic rings. The van der Waals surface area contributed by atoms with Gasteiger partial charge in [-0.15, -0.1) is 0 Å². The van der Waals surface area contributed by atoms with Crippen LogP contribution in [0.25, 0.3) is 0 Å². The van der Waals surface area contributed by atoms with Crippen molar-refractivity contribution in [3.8, 4) is 0 Å². The van der Waals surface area contributed by atoms with Crippen LogP contribution in [-0.2, 0) is 4.74 Å². The van der Waals surface area contributed by atoms with Crippen molar-refractivity contribution in [3.05, 3.63) is 59.4 Å². The molecule has 1 N–H and O–H groups in total. The Labute approximate surface area is 135 Å². The molecule has 1 aliphatic heterocycles. The number of rotatable bonds is 3. The molecular weight excluding hydrogens is 292 g/mol. The summed E-state index contributed by atoms with van der Waals surface area (Å²) < 4.78 is 5.97. The van der Waals surface area contributed by atoms with Crippen molar-refractivity contribution < 1.29 is 14.3 Å². The van der Waals surface area contributed by atoms with Gasteiger partial charge < -0.3 is 14.6 Å². The van der Waals surface area contributed by atoms with Gasteiger partial charge in [0.1, 0.15) is 11.8 Å². The Bertz CT molecular complexity index is 708. The molecule has 0 aliphatic carbocycles. The van der Waals surface area contributed by atoms with E-state index in [1.165, 1.54) is 6.92 Å². The monoisotopic (exact) mass is 312 g/mol. The fourth-order valence-electron chi connectivity index (χ4n) is 2.86. The zero-order valence-corrected chi connectivity index (χ0v) is 13.3. The molecule has 0 bridgehead atoms. The second-order valence-electron chi connectivity index (χ2n) is 5.91. The van der Waals surface area contributed by atoms with Crippen molar-refractivity contribution in [2.45, 2.75) is 26.1 Å². The van der Waals surface area contributed by atoms with Crippen LogP contribution >= 0.6 is 0 Å². The number of hydrogen-bond acceptors (Lipinski definition) is 3. The van der Waals surface area contributed by atoms with Gasteiger partial charge in [-0.2, -0.15) is 0 Å². The van der Waals surface area contributed by atoms with E-state index in [2.05, 4.69) is 4.98 Å². The highest BCUT2D eigenvalue weighted by atomic mass is 16.5. The molecule has 0 unspecified atom stereocenters. The van der Waals surface area contributed by atoms with Gasteiger partial charge in [-0.25, -0.2) is 0 Å². The molecule has 0 saturated carbocycles. The number of carbonyl (C=O) groups is 2. The predicted octanol–water partition coefficient (Wildman–Crippen LogP) is 2.82. The van der Waals surface area contributed by atoms with Crippen molar-refractivity contribution in [2.75, 3.05) is 13.1 Å². The first-order valence-electron chi connectivity index (χ1n) is 7.73. The molecule has 2 heterocycles. The number of Topliss-reactive ketones (excluding diaryl/α,β-unsaturated/α-hetero) is 1. The summed E-state index contributed by atoms with van der Waals surface area (Å²) in [6.45, 7) is 4.49. The maximum Gasteiger partial charge on any atom is 0.270 e. The number of ether oxygens (including phenoxy) is 1. The molecule has 2 aromatic rings. The first-order chi connectivity index (χ1) is 11.0. The van der Waals surface area contributed by atoms with Crippen molar-refractivity contribution >= 4 is 11.7 Å². The fraction of sp³-hybridized carbons (Fsp3) is 0.333. The van der Waals surface area contributed by atoms with Crippen molar-refractivity contribution in [2.24, 2.45) is 0 Å². The minimum absolute atomic E-state index is 0.0415. The number of H-pyrrole nitrogens is 1. The molecule has 5 nitrogen and oxygen atoms in total. The van der Waals surface area contributed by atoms with Crippen LogP contribution in [0.5, 0.6) is 0 Å². The highest BCUT2D eigenvalue weighted by molar-refractivity contribution is 5.99. The second-order valence-corrected chi connectivity index (χ2v) is 5.91. The number of benzene rings is 1. The van der Waals surface area contributed by atoms with E-state index in [1.54, 1.807) is 17.2 Å². The van der Waals surface area contributed by atoms with Gasteiger partial charge in [-0.3, -0.25) is 9.59 Å². The topological polar surface area (TPSA) is 62.4 Å². The molecule has 1 aromatic heterocycles. The van der Waals surface area contributed by atoms with Crippen molar-refractivity contribution in [3.63, 3.8) is 0 Å². The van der Waals surface area contributed by atoms with Gasteiger partial charge in [0.05, 0.1) is 12.6 Å². The van der Waals surface area contributed by atoms with E-state index in [-0.39, 0.29) is 23.9 Å². The minimum atomic E-state index is -0.133. The Morgan fingerprint density at radius 3 is 2.61 bits per heavy atom. The number of nitrogens with zero attached hydrogens (tertiary/aromatic N) is 1. The first kappa shape index (κ1) is 15.5. The summed E-state index contributed by atoms with van der Waals surface area (Å²) in [4.78, 5) is 28.7. The van der Waals surface area contributed by atoms with Crippen molar-refractivity contribution in [1.82, 2.24) is 9.88 Å². The van der Waals surface area contributed by atoms with Gasteiger partial charge in [-0.1, -0.05) is 30.3 Å². The number of carbonyl (C=O) groups excluding carboxylic acids is 2. The minimum Gasteiger partial charge on any atom is -0.367 e. The Morgan fingerprint density at radius 1 is 1.22 bits per heavy atom. The number of morpholine rings is 1. The van der Waals surface area contributed by atoms with Gasteiger partial charge in [-0.05, 0) is 25.5 Å². The Kier molecular flexibility index (Phi) is 4.30. The summed E-state index contributed by atoms with van der Waals surface area (Å²) in [6, 6.07) is 11.5. The quantitative estimate of drug-likeness (QED) is 0.887. The smallest absolute Gasteiger partial charge is 0.270 e. The van der Waals surface area contributed by atoms with E-state index in [0.29, 0.717) is 24.3 Å². The summed E-state index contributed by atoms with van der Waals surface area (Å²) in [5.41, 5.74) is 2.03. The Balaban J connectivity index is 1.78. The lowest BCUT2D eigenvalue weighted by Crippen LogP contribution is -2.46. The third-order valence-corrected chi connectivity index (χ3v) is 4.04. The van der Waals surface area contributed by atoms with Gasteiger partial charge in [0, 0.05) is 18.3 Å². The molecule has 3 rings (SSSR count). The van der Waals surface area contributed by atoms with Crippen LogP contribution in [0.4, 0.5) is 0 Å². The molecule has 1 fully saturated rings. The van der Waals surface area contributed by atoms with Gasteiger partial charge in [0.25, 0.3) is 5.91 Å². The number of amides is 1. The molecule has 120 valence electrons. The lowest BCUT2D eigenvalue weighted by Gasteiger charge is -2.36. The molecule has 0 radical (unpaired) electrons. The molecule has 2 atom stereocenters. The van der Waals surface area contributed by atoms with E-state index < -0.39 is 0 Å². The highest BCUT2D eigenvalue weighted by Crippen LogP contribution is 2.26. The molecule has 23 heavy (non-hydrogen) atoms. The van der Waals surface area contributed by atoms with Crippen LogP contribution in [0, 0.1) is 0 Å². The number of hydrogen-bond donors (Lipinski definition) is 1. The zero-order valence-electron chi connectivity index (χ0n) is 13.3. The molecule has 1 saturated heterocycles. The van der Waals surface area contributed by atoms with Crippen LogP contribution < -0.4 is 0 Å². The number of aromatic amines is 1. The van der Waals surface area contributed by atoms with E-state index in [4.69, 9.17) is 4.74 Å². The van der Waals surface area contributed by atoms with Crippen LogP contribution in [0.2, 0.25) is 0 Å². The number of aromatic nitrogens is 1. The lowest BCUT2D eigenvalue weighted by molar-refractivity contribution is -0.0692. The summed E-state index contributed by atoms with van der Waals surface area (Å²) in [6.07, 6.45) is 1.40. The SMILES string of the molecule is CC(=O)c1c[nH]c(C(=O)N2C[C@@H](C)O[C@H](c3ccccc3)C2)c1. The summed E-state index contributed by atoms with van der Waals surface area (Å²) in [7, 11) is 0. The predicted molar refractivity (Wildman–Crippen MR) is 86.4 cm³/mol. The third-order valence-electron chi connectivity index (χ3n) is 4.04. The molecule has 1 aromatic carbocycles. The summed E-state index contributed by atoms with van der Waals surface area (Å²) in [5, 5.41) is 0. The summed E-state index contributed by atoms with van der Waals surface area (Å²) >= 11 is 0. The van der Waals surface area contributed by atoms with E-state index in [0.717, 1.165) is 5.56 Å². The van der Waals surface area contributed by atoms with Crippen LogP contribution in [0.15, 0.2) is 42.6 Å². The van der Waals surface area contributed by atoms with Gasteiger partial charge in [0.2, 0.25) is 0 Å². The largest absolute Gasteiger partial charge is 0.367 e. The van der Waals surface area contributed by atoms with Gasteiger partial charge >= 0.3 is 0 Å². The maximum absolute atomic E-state index is 12.7. The number of ketones is 1. The Morgan fingerprint density at radius 2 is 1.96 bits per heavy atom. The zero-order chi connectivity index (χ0) is 16.4. The molecule has 0 spiro atoms. The maximum atomic E-state index is 12.7. The normalized spacial score (nSPS) is 21.2. The van der Waals surface area contributed by atoms with E-state index >= 15 is 0 Å². The molecular formula is C18H20N2O3. The standard InChI is InChI=1S/C18H20N2O3/c1-12-10-20(11-17(23-12)14-6-4-3-5-7-14)18(22)16-8-15(9-19-16)13(2)21/h3-9,12,17,19H,10-11H2,1-2H3/t12-,17+/m1/s1. The van der Waals surface area contributed by atoms with Crippen LogP contribution in [-0.4, -0.2) is 40.8 Å². The second kappa shape index (κ2) is 6.38. The van der Waals surface area contributed by atoms with Crippen molar-refractivity contribution in [1.29, 1.82) is 0 Å². The van der Waals surface area contributed by atoms with Crippen LogP contribution in [0.3, 0.4) is 0 Å².